The highest BCUT2D eigenvalue weighted by atomic mass is 35.5. The van der Waals surface area contributed by atoms with Gasteiger partial charge in [0.05, 0.1) is 6.04 Å². The molecule has 0 saturated heterocycles. The first kappa shape index (κ1) is 15.4. The van der Waals surface area contributed by atoms with Gasteiger partial charge in [-0.05, 0) is 41.5 Å². The number of hydrogen-bond donors (Lipinski definition) is 0. The summed E-state index contributed by atoms with van der Waals surface area (Å²) >= 11 is 6.29. The number of benzene rings is 2. The van der Waals surface area contributed by atoms with Crippen molar-refractivity contribution < 1.29 is 4.39 Å². The van der Waals surface area contributed by atoms with Crippen LogP contribution in [-0.4, -0.2) is 16.0 Å². The third kappa shape index (κ3) is 2.85. The lowest BCUT2D eigenvalue weighted by atomic mass is 9.99. The average molecular weight is 341 g/mol. The van der Waals surface area contributed by atoms with Crippen molar-refractivity contribution in [3.05, 3.63) is 94.5 Å². The molecular formula is C20H18ClFN2. The van der Waals surface area contributed by atoms with Crippen LogP contribution in [0, 0.1) is 5.82 Å². The highest BCUT2D eigenvalue weighted by molar-refractivity contribution is 6.31. The Morgan fingerprint density at radius 2 is 1.83 bits per heavy atom. The third-order valence-electron chi connectivity index (χ3n) is 4.63. The Hall–Kier alpha value is -2.10. The SMILES string of the molecule is Fc1ccc(Cl)c(CN2CCn3cccc3C2c2ccccc2)c1. The number of hydrogen-bond acceptors (Lipinski definition) is 1. The van der Waals surface area contributed by atoms with E-state index in [0.29, 0.717) is 11.6 Å². The molecule has 2 aromatic carbocycles. The van der Waals surface area contributed by atoms with Crippen molar-refractivity contribution in [3.63, 3.8) is 0 Å². The summed E-state index contributed by atoms with van der Waals surface area (Å²) in [5.41, 5.74) is 3.34. The van der Waals surface area contributed by atoms with E-state index in [1.165, 1.54) is 23.4 Å². The molecule has 1 unspecified atom stereocenters. The second-order valence-electron chi connectivity index (χ2n) is 6.15. The molecule has 4 rings (SSSR count). The molecule has 0 bridgehead atoms. The molecule has 1 aliphatic heterocycles. The van der Waals surface area contributed by atoms with Gasteiger partial charge in [-0.2, -0.15) is 0 Å². The van der Waals surface area contributed by atoms with Gasteiger partial charge in [0, 0.05) is 36.5 Å². The standard InChI is InChI=1S/C20H18ClFN2/c21-18-9-8-17(22)13-16(18)14-24-12-11-23-10-4-7-19(23)20(24)15-5-2-1-3-6-15/h1-10,13,20H,11-12,14H2. The summed E-state index contributed by atoms with van der Waals surface area (Å²) < 4.78 is 15.9. The number of aromatic nitrogens is 1. The number of nitrogens with zero attached hydrogens (tertiary/aromatic N) is 2. The van der Waals surface area contributed by atoms with Crippen LogP contribution in [0.1, 0.15) is 22.9 Å². The van der Waals surface area contributed by atoms with Crippen molar-refractivity contribution in [2.24, 2.45) is 0 Å². The van der Waals surface area contributed by atoms with Crippen LogP contribution in [-0.2, 0) is 13.1 Å². The third-order valence-corrected chi connectivity index (χ3v) is 5.00. The molecular weight excluding hydrogens is 323 g/mol. The summed E-state index contributed by atoms with van der Waals surface area (Å²) in [5.74, 6) is -0.244. The lowest BCUT2D eigenvalue weighted by Gasteiger charge is -2.37. The Balaban J connectivity index is 1.73. The normalized spacial score (nSPS) is 17.7. The fourth-order valence-corrected chi connectivity index (χ4v) is 3.68. The first-order valence-corrected chi connectivity index (χ1v) is 8.48. The summed E-state index contributed by atoms with van der Waals surface area (Å²) in [6.45, 7) is 2.45. The maximum atomic E-state index is 13.6. The molecule has 0 spiro atoms. The van der Waals surface area contributed by atoms with Gasteiger partial charge in [0.25, 0.3) is 0 Å². The van der Waals surface area contributed by atoms with E-state index in [1.54, 1.807) is 6.07 Å². The molecule has 0 aliphatic carbocycles. The Bertz CT molecular complexity index is 844. The van der Waals surface area contributed by atoms with E-state index in [1.807, 2.05) is 6.07 Å². The summed E-state index contributed by atoms with van der Waals surface area (Å²) in [5, 5.41) is 0.615. The van der Waals surface area contributed by atoms with Gasteiger partial charge in [0.2, 0.25) is 0 Å². The largest absolute Gasteiger partial charge is 0.348 e. The van der Waals surface area contributed by atoms with Crippen LogP contribution in [0.4, 0.5) is 4.39 Å². The van der Waals surface area contributed by atoms with E-state index >= 15 is 0 Å². The van der Waals surface area contributed by atoms with Gasteiger partial charge in [-0.15, -0.1) is 0 Å². The molecule has 0 N–H and O–H groups in total. The molecule has 2 heterocycles. The predicted octanol–water partition coefficient (Wildman–Crippen LogP) is 4.89. The first-order chi connectivity index (χ1) is 11.7. The summed E-state index contributed by atoms with van der Waals surface area (Å²) in [6, 6.07) is 19.4. The molecule has 0 fully saturated rings. The Labute approximate surface area is 146 Å². The first-order valence-electron chi connectivity index (χ1n) is 8.10. The topological polar surface area (TPSA) is 8.17 Å². The molecule has 1 aromatic heterocycles. The van der Waals surface area contributed by atoms with E-state index in [-0.39, 0.29) is 11.9 Å². The number of rotatable bonds is 3. The van der Waals surface area contributed by atoms with E-state index in [2.05, 4.69) is 52.1 Å². The second-order valence-corrected chi connectivity index (χ2v) is 6.55. The molecule has 2 nitrogen and oxygen atoms in total. The van der Waals surface area contributed by atoms with E-state index in [4.69, 9.17) is 11.6 Å². The lowest BCUT2D eigenvalue weighted by molar-refractivity contribution is 0.174. The smallest absolute Gasteiger partial charge is 0.123 e. The van der Waals surface area contributed by atoms with E-state index in [0.717, 1.165) is 18.7 Å². The summed E-state index contributed by atoms with van der Waals surface area (Å²) in [6.07, 6.45) is 2.12. The van der Waals surface area contributed by atoms with Crippen molar-refractivity contribution in [1.82, 2.24) is 9.47 Å². The second kappa shape index (κ2) is 6.42. The van der Waals surface area contributed by atoms with Gasteiger partial charge in [0.15, 0.2) is 0 Å². The molecule has 0 radical (unpaired) electrons. The number of halogens is 2. The Kier molecular flexibility index (Phi) is 4.13. The van der Waals surface area contributed by atoms with Crippen LogP contribution < -0.4 is 0 Å². The van der Waals surface area contributed by atoms with Crippen molar-refractivity contribution >= 4 is 11.6 Å². The monoisotopic (exact) mass is 340 g/mol. The van der Waals surface area contributed by atoms with E-state index in [9.17, 15) is 4.39 Å². The van der Waals surface area contributed by atoms with Gasteiger partial charge in [-0.3, -0.25) is 4.90 Å². The van der Waals surface area contributed by atoms with Gasteiger partial charge in [-0.25, -0.2) is 4.39 Å². The highest BCUT2D eigenvalue weighted by Gasteiger charge is 2.29. The van der Waals surface area contributed by atoms with Crippen LogP contribution in [0.15, 0.2) is 66.9 Å². The van der Waals surface area contributed by atoms with Crippen LogP contribution >= 0.6 is 11.6 Å². The van der Waals surface area contributed by atoms with Crippen LogP contribution in [0.5, 0.6) is 0 Å². The van der Waals surface area contributed by atoms with Gasteiger partial charge >= 0.3 is 0 Å². The molecule has 0 saturated carbocycles. The van der Waals surface area contributed by atoms with Crippen molar-refractivity contribution in [2.45, 2.75) is 19.1 Å². The van der Waals surface area contributed by atoms with Crippen molar-refractivity contribution in [2.75, 3.05) is 6.54 Å². The summed E-state index contributed by atoms with van der Waals surface area (Å²) in [4.78, 5) is 2.37. The highest BCUT2D eigenvalue weighted by Crippen LogP contribution is 2.34. The average Bonchev–Trinajstić information content (AvgIpc) is 3.07. The molecule has 0 amide bonds. The fraction of sp³-hybridized carbons (Fsp3) is 0.200. The van der Waals surface area contributed by atoms with Crippen molar-refractivity contribution in [1.29, 1.82) is 0 Å². The predicted molar refractivity (Wildman–Crippen MR) is 94.5 cm³/mol. The Morgan fingerprint density at radius 1 is 1.00 bits per heavy atom. The molecule has 122 valence electrons. The molecule has 24 heavy (non-hydrogen) atoms. The zero-order chi connectivity index (χ0) is 16.5. The minimum absolute atomic E-state index is 0.147. The summed E-state index contributed by atoms with van der Waals surface area (Å²) in [7, 11) is 0. The van der Waals surface area contributed by atoms with Crippen LogP contribution in [0.25, 0.3) is 0 Å². The van der Waals surface area contributed by atoms with Gasteiger partial charge in [0.1, 0.15) is 5.82 Å². The van der Waals surface area contributed by atoms with E-state index < -0.39 is 0 Å². The molecule has 1 atom stereocenters. The zero-order valence-electron chi connectivity index (χ0n) is 13.2. The minimum atomic E-state index is -0.244. The molecule has 3 aromatic rings. The molecule has 4 heteroatoms. The number of fused-ring (bicyclic) bond motifs is 1. The fourth-order valence-electron chi connectivity index (χ4n) is 3.50. The minimum Gasteiger partial charge on any atom is -0.348 e. The maximum absolute atomic E-state index is 13.6. The van der Waals surface area contributed by atoms with Crippen molar-refractivity contribution in [3.8, 4) is 0 Å². The quantitative estimate of drug-likeness (QED) is 0.659. The van der Waals surface area contributed by atoms with Crippen LogP contribution in [0.2, 0.25) is 5.02 Å². The lowest BCUT2D eigenvalue weighted by Crippen LogP contribution is -2.38. The Morgan fingerprint density at radius 3 is 2.67 bits per heavy atom. The zero-order valence-corrected chi connectivity index (χ0v) is 14.0. The van der Waals surface area contributed by atoms with Gasteiger partial charge < -0.3 is 4.57 Å². The van der Waals surface area contributed by atoms with Crippen LogP contribution in [0.3, 0.4) is 0 Å². The van der Waals surface area contributed by atoms with Gasteiger partial charge in [-0.1, -0.05) is 41.9 Å². The molecule has 1 aliphatic rings. The maximum Gasteiger partial charge on any atom is 0.123 e.